The van der Waals surface area contributed by atoms with Gasteiger partial charge >= 0.3 is 0 Å². The summed E-state index contributed by atoms with van der Waals surface area (Å²) in [6.45, 7) is 6.34. The van der Waals surface area contributed by atoms with Gasteiger partial charge in [-0.25, -0.2) is 0 Å². The normalized spacial score (nSPS) is 19.3. The zero-order chi connectivity index (χ0) is 19.9. The number of nitrogens with zero attached hydrogens (tertiary/aromatic N) is 1. The summed E-state index contributed by atoms with van der Waals surface area (Å²) in [6.07, 6.45) is 10.6. The molecule has 0 unspecified atom stereocenters. The monoisotopic (exact) mass is 378 g/mol. The number of benzene rings is 1. The molecule has 1 aromatic carbocycles. The fourth-order valence-electron chi connectivity index (χ4n) is 4.90. The smallest absolute Gasteiger partial charge is 0.165 e. The standard InChI is InChI=1S/C24H30N2O2/c1-16-14-26(21-12-24(2,3)13-22(28)23(16)21)19-10-9-17(15-27)20(11-19)25-18-7-5-4-6-8-18/h9-11,14-15,18,25H,4-8,12-13H2,1-3H3. The Morgan fingerprint density at radius 1 is 1.14 bits per heavy atom. The first-order chi connectivity index (χ1) is 13.4. The van der Waals surface area contributed by atoms with Crippen LogP contribution in [-0.2, 0) is 6.42 Å². The summed E-state index contributed by atoms with van der Waals surface area (Å²) in [5, 5.41) is 3.61. The Labute approximate surface area is 167 Å². The Kier molecular flexibility index (Phi) is 4.90. The van der Waals surface area contributed by atoms with Gasteiger partial charge in [0.15, 0.2) is 12.1 Å². The molecule has 1 aromatic heterocycles. The van der Waals surface area contributed by atoms with Gasteiger partial charge in [-0.3, -0.25) is 9.59 Å². The maximum Gasteiger partial charge on any atom is 0.165 e. The van der Waals surface area contributed by atoms with Crippen LogP contribution in [0.4, 0.5) is 5.69 Å². The van der Waals surface area contributed by atoms with Crippen molar-refractivity contribution in [1.82, 2.24) is 4.57 Å². The van der Waals surface area contributed by atoms with Crippen LogP contribution in [0.5, 0.6) is 0 Å². The first-order valence-corrected chi connectivity index (χ1v) is 10.5. The van der Waals surface area contributed by atoms with Crippen molar-refractivity contribution in [3.8, 4) is 5.69 Å². The van der Waals surface area contributed by atoms with Crippen LogP contribution in [0.15, 0.2) is 24.4 Å². The molecular formula is C24H30N2O2. The Hall–Kier alpha value is -2.36. The summed E-state index contributed by atoms with van der Waals surface area (Å²) in [7, 11) is 0. The lowest BCUT2D eigenvalue weighted by Crippen LogP contribution is -2.28. The van der Waals surface area contributed by atoms with Crippen LogP contribution in [0.25, 0.3) is 5.69 Å². The van der Waals surface area contributed by atoms with E-state index in [1.54, 1.807) is 0 Å². The summed E-state index contributed by atoms with van der Waals surface area (Å²) in [6, 6.07) is 6.39. The van der Waals surface area contributed by atoms with Crippen molar-refractivity contribution >= 4 is 17.8 Å². The quantitative estimate of drug-likeness (QED) is 0.715. The third-order valence-electron chi connectivity index (χ3n) is 6.27. The lowest BCUT2D eigenvalue weighted by Gasteiger charge is -2.30. The second-order valence-electron chi connectivity index (χ2n) is 9.31. The van der Waals surface area contributed by atoms with Crippen molar-refractivity contribution in [2.24, 2.45) is 5.41 Å². The number of Topliss-reactive ketones (excluding diaryl/α,β-unsaturated/α-hetero) is 1. The van der Waals surface area contributed by atoms with Crippen molar-refractivity contribution in [1.29, 1.82) is 0 Å². The van der Waals surface area contributed by atoms with Gasteiger partial charge in [0.05, 0.1) is 0 Å². The molecule has 0 amide bonds. The molecule has 4 nitrogen and oxygen atoms in total. The van der Waals surface area contributed by atoms with Crippen LogP contribution in [0, 0.1) is 12.3 Å². The Balaban J connectivity index is 1.74. The highest BCUT2D eigenvalue weighted by atomic mass is 16.1. The number of aryl methyl sites for hydroxylation is 1. The zero-order valence-corrected chi connectivity index (χ0v) is 17.2. The van der Waals surface area contributed by atoms with Crippen LogP contribution < -0.4 is 5.32 Å². The van der Waals surface area contributed by atoms with Crippen LogP contribution >= 0.6 is 0 Å². The number of nitrogens with one attached hydrogen (secondary N) is 1. The minimum atomic E-state index is -0.0292. The molecular weight excluding hydrogens is 348 g/mol. The number of rotatable bonds is 4. The number of carbonyl (C=O) groups is 2. The van der Waals surface area contributed by atoms with E-state index in [1.807, 2.05) is 19.1 Å². The maximum absolute atomic E-state index is 12.7. The van der Waals surface area contributed by atoms with Crippen molar-refractivity contribution in [2.45, 2.75) is 71.8 Å². The van der Waals surface area contributed by atoms with E-state index in [0.29, 0.717) is 18.0 Å². The number of fused-ring (bicyclic) bond motifs is 1. The van der Waals surface area contributed by atoms with E-state index < -0.39 is 0 Å². The molecule has 2 aliphatic rings. The van der Waals surface area contributed by atoms with Crippen molar-refractivity contribution in [2.75, 3.05) is 5.32 Å². The molecule has 0 radical (unpaired) electrons. The van der Waals surface area contributed by atoms with Gasteiger partial charge in [-0.05, 0) is 55.4 Å². The highest BCUT2D eigenvalue weighted by Crippen LogP contribution is 2.38. The topological polar surface area (TPSA) is 51.1 Å². The van der Waals surface area contributed by atoms with Gasteiger partial charge in [0, 0.05) is 46.9 Å². The highest BCUT2D eigenvalue weighted by molar-refractivity contribution is 6.00. The minimum Gasteiger partial charge on any atom is -0.382 e. The molecule has 0 saturated heterocycles. The predicted octanol–water partition coefficient (Wildman–Crippen LogP) is 5.50. The fourth-order valence-corrected chi connectivity index (χ4v) is 4.90. The number of anilines is 1. The van der Waals surface area contributed by atoms with Gasteiger partial charge in [-0.2, -0.15) is 0 Å². The molecule has 28 heavy (non-hydrogen) atoms. The summed E-state index contributed by atoms with van der Waals surface area (Å²) in [4.78, 5) is 24.3. The molecule has 2 aromatic rings. The predicted molar refractivity (Wildman–Crippen MR) is 113 cm³/mol. The second kappa shape index (κ2) is 7.23. The van der Waals surface area contributed by atoms with Crippen molar-refractivity contribution in [3.05, 3.63) is 46.8 Å². The lowest BCUT2D eigenvalue weighted by molar-refractivity contribution is 0.0910. The molecule has 1 N–H and O–H groups in total. The number of hydrogen-bond acceptors (Lipinski definition) is 3. The number of carbonyl (C=O) groups excluding carboxylic acids is 2. The lowest BCUT2D eigenvalue weighted by atomic mass is 9.75. The van der Waals surface area contributed by atoms with Gasteiger partial charge < -0.3 is 9.88 Å². The molecule has 1 fully saturated rings. The first kappa shape index (κ1) is 19.0. The number of aromatic nitrogens is 1. The van der Waals surface area contributed by atoms with Gasteiger partial charge in [-0.15, -0.1) is 0 Å². The van der Waals surface area contributed by atoms with E-state index in [1.165, 1.54) is 19.3 Å². The van der Waals surface area contributed by atoms with Gasteiger partial charge in [0.1, 0.15) is 0 Å². The average Bonchev–Trinajstić information content (AvgIpc) is 2.98. The van der Waals surface area contributed by atoms with Crippen LogP contribution in [0.1, 0.15) is 84.3 Å². The van der Waals surface area contributed by atoms with Gasteiger partial charge in [0.2, 0.25) is 0 Å². The average molecular weight is 379 g/mol. The highest BCUT2D eigenvalue weighted by Gasteiger charge is 2.34. The third-order valence-corrected chi connectivity index (χ3v) is 6.27. The Morgan fingerprint density at radius 2 is 1.89 bits per heavy atom. The maximum atomic E-state index is 12.7. The molecule has 0 spiro atoms. The van der Waals surface area contributed by atoms with Crippen LogP contribution in [0.3, 0.4) is 0 Å². The largest absolute Gasteiger partial charge is 0.382 e. The van der Waals surface area contributed by atoms with Gasteiger partial charge in [-0.1, -0.05) is 33.1 Å². The molecule has 1 heterocycles. The zero-order valence-electron chi connectivity index (χ0n) is 17.2. The van der Waals surface area contributed by atoms with Crippen molar-refractivity contribution < 1.29 is 9.59 Å². The van der Waals surface area contributed by atoms with E-state index in [0.717, 1.165) is 53.7 Å². The number of ketones is 1. The van der Waals surface area contributed by atoms with E-state index in [9.17, 15) is 9.59 Å². The molecule has 148 valence electrons. The number of hydrogen-bond donors (Lipinski definition) is 1. The Bertz CT molecular complexity index is 917. The fraction of sp³-hybridized carbons (Fsp3) is 0.500. The third kappa shape index (κ3) is 3.52. The van der Waals surface area contributed by atoms with Crippen LogP contribution in [-0.4, -0.2) is 22.7 Å². The van der Waals surface area contributed by atoms with E-state index >= 15 is 0 Å². The van der Waals surface area contributed by atoms with Gasteiger partial charge in [0.25, 0.3) is 0 Å². The summed E-state index contributed by atoms with van der Waals surface area (Å²) in [5.74, 6) is 0.243. The number of aldehydes is 1. The Morgan fingerprint density at radius 3 is 2.61 bits per heavy atom. The SMILES string of the molecule is Cc1cn(-c2ccc(C=O)c(NC3CCCCC3)c2)c2c1C(=O)CC(C)(C)C2. The molecule has 0 bridgehead atoms. The molecule has 4 rings (SSSR count). The summed E-state index contributed by atoms with van der Waals surface area (Å²) in [5.41, 5.74) is 5.61. The van der Waals surface area contributed by atoms with Crippen LogP contribution in [0.2, 0.25) is 0 Å². The van der Waals surface area contributed by atoms with E-state index in [4.69, 9.17) is 0 Å². The molecule has 2 aliphatic carbocycles. The summed E-state index contributed by atoms with van der Waals surface area (Å²) < 4.78 is 2.16. The second-order valence-corrected chi connectivity index (χ2v) is 9.31. The molecule has 4 heteroatoms. The summed E-state index contributed by atoms with van der Waals surface area (Å²) >= 11 is 0. The molecule has 0 aliphatic heterocycles. The van der Waals surface area contributed by atoms with E-state index in [2.05, 4.69) is 36.0 Å². The minimum absolute atomic E-state index is 0.0292. The molecule has 0 atom stereocenters. The first-order valence-electron chi connectivity index (χ1n) is 10.5. The molecule has 1 saturated carbocycles. The van der Waals surface area contributed by atoms with Crippen molar-refractivity contribution in [3.63, 3.8) is 0 Å². The van der Waals surface area contributed by atoms with E-state index in [-0.39, 0.29) is 11.2 Å².